The van der Waals surface area contributed by atoms with Crippen LogP contribution in [-0.4, -0.2) is 35.8 Å². The molecule has 1 aromatic carbocycles. The minimum Gasteiger partial charge on any atom is -0.354 e. The van der Waals surface area contributed by atoms with Crippen molar-refractivity contribution in [2.24, 2.45) is 0 Å². The van der Waals surface area contributed by atoms with Gasteiger partial charge in [0.05, 0.1) is 0 Å². The molecule has 6 nitrogen and oxygen atoms in total. The van der Waals surface area contributed by atoms with Crippen molar-refractivity contribution >= 4 is 17.8 Å². The van der Waals surface area contributed by atoms with Gasteiger partial charge in [-0.3, -0.25) is 14.5 Å². The van der Waals surface area contributed by atoms with Gasteiger partial charge in [0, 0.05) is 6.54 Å². The second kappa shape index (κ2) is 8.80. The molecule has 4 amide bonds. The average molecular weight is 398 g/mol. The highest BCUT2D eigenvalue weighted by Gasteiger charge is 2.49. The Morgan fingerprint density at radius 1 is 1.21 bits per heavy atom. The first-order valence-corrected chi connectivity index (χ1v) is 10.5. The van der Waals surface area contributed by atoms with Crippen molar-refractivity contribution in [3.8, 4) is 0 Å². The molecule has 1 aliphatic carbocycles. The number of carbonyl (C=O) groups is 3. The summed E-state index contributed by atoms with van der Waals surface area (Å²) in [6.45, 7) is 6.16. The first-order chi connectivity index (χ1) is 13.8. The number of hydrogen-bond acceptors (Lipinski definition) is 3. The molecule has 1 heterocycles. The van der Waals surface area contributed by atoms with Gasteiger partial charge in [-0.2, -0.15) is 0 Å². The molecule has 1 atom stereocenters. The Kier molecular flexibility index (Phi) is 6.40. The maximum Gasteiger partial charge on any atom is 0.325 e. The number of rotatable bonds is 7. The fraction of sp³-hybridized carbons (Fsp3) is 0.522. The van der Waals surface area contributed by atoms with Crippen LogP contribution in [-0.2, 0) is 15.1 Å². The molecule has 29 heavy (non-hydrogen) atoms. The standard InChI is InChI=1S/C23H31N3O3/c1-16(2)18-9-11-19(12-10-18)23(3)21(28)26(22(29)25-23)15-20(27)24-14-13-17-7-5-4-6-8-17/h7,9-12,16H,4-6,8,13-15H2,1-3H3,(H,24,27)(H,25,29). The van der Waals surface area contributed by atoms with Crippen LogP contribution in [0.2, 0.25) is 0 Å². The first-order valence-electron chi connectivity index (χ1n) is 10.5. The van der Waals surface area contributed by atoms with Crippen molar-refractivity contribution < 1.29 is 14.4 Å². The molecule has 0 radical (unpaired) electrons. The lowest BCUT2D eigenvalue weighted by Crippen LogP contribution is -2.43. The van der Waals surface area contributed by atoms with Gasteiger partial charge in [0.15, 0.2) is 0 Å². The summed E-state index contributed by atoms with van der Waals surface area (Å²) in [6.07, 6.45) is 7.73. The molecule has 3 rings (SSSR count). The van der Waals surface area contributed by atoms with E-state index in [0.29, 0.717) is 18.0 Å². The van der Waals surface area contributed by atoms with Crippen molar-refractivity contribution in [3.63, 3.8) is 0 Å². The first kappa shape index (κ1) is 21.1. The number of amides is 4. The van der Waals surface area contributed by atoms with Crippen LogP contribution in [0.3, 0.4) is 0 Å². The zero-order valence-electron chi connectivity index (χ0n) is 17.6. The van der Waals surface area contributed by atoms with Gasteiger partial charge >= 0.3 is 6.03 Å². The van der Waals surface area contributed by atoms with Crippen LogP contribution in [0.4, 0.5) is 4.79 Å². The highest BCUT2D eigenvalue weighted by molar-refractivity contribution is 6.09. The fourth-order valence-corrected chi connectivity index (χ4v) is 3.93. The summed E-state index contributed by atoms with van der Waals surface area (Å²) in [5, 5.41) is 5.59. The maximum atomic E-state index is 13.0. The van der Waals surface area contributed by atoms with E-state index in [4.69, 9.17) is 0 Å². The van der Waals surface area contributed by atoms with Crippen molar-refractivity contribution in [2.75, 3.05) is 13.1 Å². The van der Waals surface area contributed by atoms with E-state index in [1.54, 1.807) is 6.92 Å². The predicted molar refractivity (Wildman–Crippen MR) is 112 cm³/mol. The Bertz CT molecular complexity index is 813. The predicted octanol–water partition coefficient (Wildman–Crippen LogP) is 3.58. The van der Waals surface area contributed by atoms with Crippen LogP contribution >= 0.6 is 0 Å². The second-order valence-corrected chi connectivity index (χ2v) is 8.43. The van der Waals surface area contributed by atoms with Crippen molar-refractivity contribution in [3.05, 3.63) is 47.0 Å². The van der Waals surface area contributed by atoms with E-state index in [-0.39, 0.29) is 12.5 Å². The van der Waals surface area contributed by atoms with Crippen LogP contribution in [0, 0.1) is 0 Å². The molecule has 0 spiro atoms. The van der Waals surface area contributed by atoms with Crippen LogP contribution < -0.4 is 10.6 Å². The lowest BCUT2D eigenvalue weighted by atomic mass is 9.90. The number of nitrogens with one attached hydrogen (secondary N) is 2. The Balaban J connectivity index is 1.59. The summed E-state index contributed by atoms with van der Waals surface area (Å²) in [7, 11) is 0. The van der Waals surface area contributed by atoms with E-state index in [1.165, 1.54) is 24.0 Å². The third-order valence-corrected chi connectivity index (χ3v) is 5.88. The molecule has 0 aromatic heterocycles. The summed E-state index contributed by atoms with van der Waals surface area (Å²) in [5.74, 6) is -0.329. The molecule has 156 valence electrons. The number of allylic oxidation sites excluding steroid dienone is 1. The van der Waals surface area contributed by atoms with E-state index in [1.807, 2.05) is 24.3 Å². The Hall–Kier alpha value is -2.63. The zero-order valence-corrected chi connectivity index (χ0v) is 17.6. The molecule has 1 aromatic rings. The summed E-state index contributed by atoms with van der Waals surface area (Å²) in [4.78, 5) is 38.7. The van der Waals surface area contributed by atoms with E-state index in [0.717, 1.165) is 24.2 Å². The zero-order chi connectivity index (χ0) is 21.0. The number of hydrogen-bond donors (Lipinski definition) is 2. The minimum atomic E-state index is -1.15. The Morgan fingerprint density at radius 3 is 2.55 bits per heavy atom. The smallest absolute Gasteiger partial charge is 0.325 e. The SMILES string of the molecule is CC(C)c1ccc(C2(C)NC(=O)N(CC(=O)NCCC3=CCCCC3)C2=O)cc1. The molecule has 1 unspecified atom stereocenters. The van der Waals surface area contributed by atoms with Crippen LogP contribution in [0.5, 0.6) is 0 Å². The minimum absolute atomic E-state index is 0.261. The lowest BCUT2D eigenvalue weighted by Gasteiger charge is -2.22. The highest BCUT2D eigenvalue weighted by atomic mass is 16.2. The van der Waals surface area contributed by atoms with Gasteiger partial charge in [0.25, 0.3) is 5.91 Å². The van der Waals surface area contributed by atoms with Crippen molar-refractivity contribution in [1.82, 2.24) is 15.5 Å². The summed E-state index contributed by atoms with van der Waals surface area (Å²) >= 11 is 0. The number of benzene rings is 1. The van der Waals surface area contributed by atoms with Gasteiger partial charge in [-0.15, -0.1) is 0 Å². The van der Waals surface area contributed by atoms with Gasteiger partial charge in [0.2, 0.25) is 5.91 Å². The van der Waals surface area contributed by atoms with E-state index < -0.39 is 17.5 Å². The third-order valence-electron chi connectivity index (χ3n) is 5.88. The van der Waals surface area contributed by atoms with Crippen LogP contribution in [0.1, 0.15) is 69.9 Å². The van der Waals surface area contributed by atoms with Crippen LogP contribution in [0.15, 0.2) is 35.9 Å². The number of imide groups is 1. The van der Waals surface area contributed by atoms with Gasteiger partial charge < -0.3 is 10.6 Å². The molecular weight excluding hydrogens is 366 g/mol. The molecule has 1 fully saturated rings. The Morgan fingerprint density at radius 2 is 1.93 bits per heavy atom. The molecule has 0 bridgehead atoms. The second-order valence-electron chi connectivity index (χ2n) is 8.43. The quantitative estimate of drug-likeness (QED) is 0.545. The van der Waals surface area contributed by atoms with Gasteiger partial charge in [0.1, 0.15) is 12.1 Å². The summed E-state index contributed by atoms with van der Waals surface area (Å²) < 4.78 is 0. The molecule has 6 heteroatoms. The Labute approximate surface area is 172 Å². The molecule has 2 aliphatic rings. The lowest BCUT2D eigenvalue weighted by molar-refractivity contribution is -0.134. The summed E-state index contributed by atoms with van der Waals surface area (Å²) in [6, 6.07) is 7.15. The van der Waals surface area contributed by atoms with Gasteiger partial charge in [-0.05, 0) is 56.1 Å². The number of carbonyl (C=O) groups excluding carboxylic acids is 3. The maximum absolute atomic E-state index is 13.0. The average Bonchev–Trinajstić information content (AvgIpc) is 2.93. The molecule has 0 saturated carbocycles. The topological polar surface area (TPSA) is 78.5 Å². The van der Waals surface area contributed by atoms with E-state index in [2.05, 4.69) is 30.6 Å². The monoisotopic (exact) mass is 397 g/mol. The fourth-order valence-electron chi connectivity index (χ4n) is 3.93. The van der Waals surface area contributed by atoms with Crippen molar-refractivity contribution in [2.45, 2.75) is 64.3 Å². The molecule has 2 N–H and O–H groups in total. The molecule has 1 aliphatic heterocycles. The number of urea groups is 1. The van der Waals surface area contributed by atoms with Gasteiger partial charge in [-0.1, -0.05) is 49.8 Å². The van der Waals surface area contributed by atoms with Gasteiger partial charge in [-0.25, -0.2) is 4.79 Å². The highest BCUT2D eigenvalue weighted by Crippen LogP contribution is 2.29. The third kappa shape index (κ3) is 4.69. The summed E-state index contributed by atoms with van der Waals surface area (Å²) in [5.41, 5.74) is 2.11. The van der Waals surface area contributed by atoms with Crippen LogP contribution in [0.25, 0.3) is 0 Å². The van der Waals surface area contributed by atoms with E-state index in [9.17, 15) is 14.4 Å². The normalized spacial score (nSPS) is 21.9. The molecule has 1 saturated heterocycles. The largest absolute Gasteiger partial charge is 0.354 e. The van der Waals surface area contributed by atoms with Crippen molar-refractivity contribution in [1.29, 1.82) is 0 Å². The number of nitrogens with zero attached hydrogens (tertiary/aromatic N) is 1. The van der Waals surface area contributed by atoms with E-state index >= 15 is 0 Å². The molecular formula is C23H31N3O3.